The highest BCUT2D eigenvalue weighted by atomic mass is 19.1. The van der Waals surface area contributed by atoms with Crippen LogP contribution in [0.2, 0.25) is 0 Å². The molecular formula is C10H13FO. The van der Waals surface area contributed by atoms with Gasteiger partial charge in [0.05, 0.1) is 6.10 Å². The third-order valence-corrected chi connectivity index (χ3v) is 1.90. The van der Waals surface area contributed by atoms with Crippen LogP contribution in [0.25, 0.3) is 0 Å². The number of aliphatic hydroxyl groups is 1. The maximum Gasteiger partial charge on any atom is 0.129 e. The fourth-order valence-corrected chi connectivity index (χ4v) is 1.12. The van der Waals surface area contributed by atoms with Crippen LogP contribution in [-0.4, -0.2) is 5.11 Å². The smallest absolute Gasteiger partial charge is 0.129 e. The minimum atomic E-state index is -0.675. The molecule has 0 fully saturated rings. The zero-order valence-corrected chi connectivity index (χ0v) is 7.34. The second-order valence-electron chi connectivity index (χ2n) is 2.95. The molecule has 0 bridgehead atoms. The molecule has 1 atom stereocenters. The molecule has 1 aromatic rings. The maximum atomic E-state index is 13.1. The van der Waals surface area contributed by atoms with E-state index in [-0.39, 0.29) is 5.82 Å². The van der Waals surface area contributed by atoms with Gasteiger partial charge in [0.2, 0.25) is 0 Å². The Morgan fingerprint density at radius 2 is 2.17 bits per heavy atom. The molecule has 2 heteroatoms. The first-order valence-electron chi connectivity index (χ1n) is 4.09. The summed E-state index contributed by atoms with van der Waals surface area (Å²) in [6.45, 7) is 3.65. The van der Waals surface area contributed by atoms with E-state index >= 15 is 0 Å². The molecule has 1 aromatic carbocycles. The van der Waals surface area contributed by atoms with Crippen LogP contribution in [0.3, 0.4) is 0 Å². The Hall–Kier alpha value is -0.890. The standard InChI is InChI=1S/C10H13FO/c1-3-10(12)8-5-4-7(2)6-9(8)11/h4-6,10,12H,3H2,1-2H3. The highest BCUT2D eigenvalue weighted by molar-refractivity contribution is 5.24. The lowest BCUT2D eigenvalue weighted by Crippen LogP contribution is -1.98. The van der Waals surface area contributed by atoms with Crippen molar-refractivity contribution in [1.82, 2.24) is 0 Å². The van der Waals surface area contributed by atoms with E-state index < -0.39 is 6.10 Å². The molecule has 1 nitrogen and oxygen atoms in total. The Morgan fingerprint density at radius 1 is 1.50 bits per heavy atom. The Kier molecular flexibility index (Phi) is 2.82. The summed E-state index contributed by atoms with van der Waals surface area (Å²) in [6, 6.07) is 4.88. The first-order valence-corrected chi connectivity index (χ1v) is 4.09. The molecule has 0 amide bonds. The molecule has 66 valence electrons. The van der Waals surface area contributed by atoms with Crippen molar-refractivity contribution < 1.29 is 9.50 Å². The molecule has 0 heterocycles. The van der Waals surface area contributed by atoms with E-state index in [9.17, 15) is 9.50 Å². The zero-order valence-electron chi connectivity index (χ0n) is 7.34. The lowest BCUT2D eigenvalue weighted by molar-refractivity contribution is 0.169. The van der Waals surface area contributed by atoms with Crippen LogP contribution < -0.4 is 0 Å². The van der Waals surface area contributed by atoms with Crippen molar-refractivity contribution in [2.75, 3.05) is 0 Å². The van der Waals surface area contributed by atoms with Gasteiger partial charge in [-0.25, -0.2) is 4.39 Å². The molecule has 0 saturated carbocycles. The van der Waals surface area contributed by atoms with Crippen LogP contribution in [-0.2, 0) is 0 Å². The van der Waals surface area contributed by atoms with Crippen molar-refractivity contribution in [3.8, 4) is 0 Å². The summed E-state index contributed by atoms with van der Waals surface area (Å²) in [7, 11) is 0. The fraction of sp³-hybridized carbons (Fsp3) is 0.400. The second kappa shape index (κ2) is 3.68. The van der Waals surface area contributed by atoms with E-state index in [1.165, 1.54) is 6.07 Å². The lowest BCUT2D eigenvalue weighted by atomic mass is 10.1. The molecule has 0 aliphatic heterocycles. The van der Waals surface area contributed by atoms with Crippen LogP contribution in [0, 0.1) is 12.7 Å². The minimum absolute atomic E-state index is 0.315. The van der Waals surface area contributed by atoms with Crippen molar-refractivity contribution >= 4 is 0 Å². The Labute approximate surface area is 71.9 Å². The first kappa shape index (κ1) is 9.20. The summed E-state index contributed by atoms with van der Waals surface area (Å²) in [5.41, 5.74) is 1.27. The van der Waals surface area contributed by atoms with E-state index in [0.29, 0.717) is 12.0 Å². The number of benzene rings is 1. The van der Waals surface area contributed by atoms with E-state index in [1.54, 1.807) is 12.1 Å². The predicted molar refractivity (Wildman–Crippen MR) is 46.4 cm³/mol. The molecule has 12 heavy (non-hydrogen) atoms. The molecule has 1 N–H and O–H groups in total. The Bertz CT molecular complexity index is 271. The second-order valence-corrected chi connectivity index (χ2v) is 2.95. The van der Waals surface area contributed by atoms with Crippen LogP contribution in [0.4, 0.5) is 4.39 Å². The molecular weight excluding hydrogens is 155 g/mol. The van der Waals surface area contributed by atoms with Gasteiger partial charge in [-0.05, 0) is 25.0 Å². The van der Waals surface area contributed by atoms with Gasteiger partial charge in [-0.15, -0.1) is 0 Å². The lowest BCUT2D eigenvalue weighted by Gasteiger charge is -2.09. The molecule has 0 aromatic heterocycles. The number of aliphatic hydroxyl groups excluding tert-OH is 1. The summed E-state index contributed by atoms with van der Waals surface area (Å²) in [5.74, 6) is -0.315. The Balaban J connectivity index is 3.01. The number of hydrogen-bond donors (Lipinski definition) is 1. The summed E-state index contributed by atoms with van der Waals surface area (Å²) in [4.78, 5) is 0. The molecule has 1 rings (SSSR count). The number of aryl methyl sites for hydroxylation is 1. The molecule has 0 radical (unpaired) electrons. The van der Waals surface area contributed by atoms with Gasteiger partial charge in [-0.3, -0.25) is 0 Å². The van der Waals surface area contributed by atoms with Crippen molar-refractivity contribution in [2.24, 2.45) is 0 Å². The SMILES string of the molecule is CCC(O)c1ccc(C)cc1F. The van der Waals surface area contributed by atoms with Gasteiger partial charge in [0, 0.05) is 5.56 Å². The van der Waals surface area contributed by atoms with Gasteiger partial charge in [0.25, 0.3) is 0 Å². The van der Waals surface area contributed by atoms with Crippen molar-refractivity contribution in [2.45, 2.75) is 26.4 Å². The van der Waals surface area contributed by atoms with Crippen LogP contribution in [0.5, 0.6) is 0 Å². The number of halogens is 1. The van der Waals surface area contributed by atoms with E-state index in [1.807, 2.05) is 13.8 Å². The summed E-state index contributed by atoms with van der Waals surface area (Å²) in [6.07, 6.45) is -0.134. The van der Waals surface area contributed by atoms with Gasteiger partial charge in [0.15, 0.2) is 0 Å². The van der Waals surface area contributed by atoms with Gasteiger partial charge >= 0.3 is 0 Å². The normalized spacial score (nSPS) is 13.0. The highest BCUT2D eigenvalue weighted by Gasteiger charge is 2.09. The summed E-state index contributed by atoms with van der Waals surface area (Å²) < 4.78 is 13.1. The van der Waals surface area contributed by atoms with Crippen LogP contribution >= 0.6 is 0 Å². The van der Waals surface area contributed by atoms with Crippen molar-refractivity contribution in [3.63, 3.8) is 0 Å². The number of hydrogen-bond acceptors (Lipinski definition) is 1. The first-order chi connectivity index (χ1) is 5.65. The van der Waals surface area contributed by atoms with Crippen LogP contribution in [0.1, 0.15) is 30.6 Å². The van der Waals surface area contributed by atoms with Gasteiger partial charge in [-0.1, -0.05) is 19.1 Å². The third-order valence-electron chi connectivity index (χ3n) is 1.90. The average molecular weight is 168 g/mol. The zero-order chi connectivity index (χ0) is 9.14. The third kappa shape index (κ3) is 1.83. The fourth-order valence-electron chi connectivity index (χ4n) is 1.12. The van der Waals surface area contributed by atoms with Gasteiger partial charge in [0.1, 0.15) is 5.82 Å². The summed E-state index contributed by atoms with van der Waals surface area (Å²) in [5, 5.41) is 9.36. The summed E-state index contributed by atoms with van der Waals surface area (Å²) >= 11 is 0. The van der Waals surface area contributed by atoms with E-state index in [0.717, 1.165) is 5.56 Å². The van der Waals surface area contributed by atoms with Gasteiger partial charge in [-0.2, -0.15) is 0 Å². The minimum Gasteiger partial charge on any atom is -0.388 e. The van der Waals surface area contributed by atoms with E-state index in [4.69, 9.17) is 0 Å². The quantitative estimate of drug-likeness (QED) is 0.719. The monoisotopic (exact) mass is 168 g/mol. The highest BCUT2D eigenvalue weighted by Crippen LogP contribution is 2.20. The average Bonchev–Trinajstić information content (AvgIpc) is 2.03. The predicted octanol–water partition coefficient (Wildman–Crippen LogP) is 2.58. The maximum absolute atomic E-state index is 13.1. The number of rotatable bonds is 2. The van der Waals surface area contributed by atoms with Gasteiger partial charge < -0.3 is 5.11 Å². The molecule has 1 unspecified atom stereocenters. The van der Waals surface area contributed by atoms with Crippen molar-refractivity contribution in [1.29, 1.82) is 0 Å². The van der Waals surface area contributed by atoms with Crippen molar-refractivity contribution in [3.05, 3.63) is 35.1 Å². The van der Waals surface area contributed by atoms with E-state index in [2.05, 4.69) is 0 Å². The van der Waals surface area contributed by atoms with Crippen LogP contribution in [0.15, 0.2) is 18.2 Å². The molecule has 0 saturated heterocycles. The Morgan fingerprint density at radius 3 is 2.67 bits per heavy atom. The molecule has 0 spiro atoms. The molecule has 0 aliphatic rings. The topological polar surface area (TPSA) is 20.2 Å². The molecule has 0 aliphatic carbocycles. The largest absolute Gasteiger partial charge is 0.388 e.